The van der Waals surface area contributed by atoms with Crippen LogP contribution in [0.2, 0.25) is 0 Å². The van der Waals surface area contributed by atoms with E-state index in [2.05, 4.69) is 6.08 Å². The molecule has 0 radical (unpaired) electrons. The van der Waals surface area contributed by atoms with Crippen molar-refractivity contribution in [3.8, 4) is 0 Å². The molecule has 2 rings (SSSR count). The van der Waals surface area contributed by atoms with Gasteiger partial charge in [-0.2, -0.15) is 0 Å². The zero-order chi connectivity index (χ0) is 26.2. The molecule has 34 heavy (non-hydrogen) atoms. The molecule has 0 aliphatic heterocycles. The molecule has 1 saturated carbocycles. The zero-order valence-corrected chi connectivity index (χ0v) is 22.9. The predicted octanol–water partition coefficient (Wildman–Crippen LogP) is 7.26. The summed E-state index contributed by atoms with van der Waals surface area (Å²) >= 11 is 0. The third kappa shape index (κ3) is 4.29. The fraction of sp³-hybridized carbons (Fsp3) is 0.633. The highest BCUT2D eigenvalue weighted by atomic mass is 16.3. The van der Waals surface area contributed by atoms with E-state index in [1.165, 1.54) is 0 Å². The topological polar surface area (TPSA) is 71.4 Å². The predicted molar refractivity (Wildman–Crippen MR) is 138 cm³/mol. The van der Waals surface area contributed by atoms with E-state index in [9.17, 15) is 19.5 Å². The molecule has 4 nitrogen and oxygen atoms in total. The van der Waals surface area contributed by atoms with Crippen molar-refractivity contribution < 1.29 is 19.5 Å². The van der Waals surface area contributed by atoms with Crippen molar-refractivity contribution in [1.29, 1.82) is 0 Å². The molecule has 2 aliphatic carbocycles. The van der Waals surface area contributed by atoms with Crippen LogP contribution in [0, 0.1) is 28.1 Å². The van der Waals surface area contributed by atoms with Crippen LogP contribution in [0.5, 0.6) is 0 Å². The first-order valence-corrected chi connectivity index (χ1v) is 12.5. The van der Waals surface area contributed by atoms with Crippen molar-refractivity contribution in [1.82, 2.24) is 0 Å². The van der Waals surface area contributed by atoms with Crippen LogP contribution >= 0.6 is 0 Å². The summed E-state index contributed by atoms with van der Waals surface area (Å²) in [6.45, 7) is 19.2. The Hall–Kier alpha value is -2.23. The second-order valence-corrected chi connectivity index (χ2v) is 11.9. The lowest BCUT2D eigenvalue weighted by Crippen LogP contribution is -2.70. The molecular formula is C30H44O4. The van der Waals surface area contributed by atoms with E-state index in [0.29, 0.717) is 19.3 Å². The number of ketones is 3. The van der Waals surface area contributed by atoms with Gasteiger partial charge in [-0.15, -0.1) is 0 Å². The van der Waals surface area contributed by atoms with E-state index in [0.717, 1.165) is 16.7 Å². The van der Waals surface area contributed by atoms with Gasteiger partial charge in [-0.3, -0.25) is 14.4 Å². The fourth-order valence-electron chi connectivity index (χ4n) is 5.83. The van der Waals surface area contributed by atoms with Crippen molar-refractivity contribution in [2.45, 2.75) is 94.9 Å². The molecule has 4 heteroatoms. The lowest BCUT2D eigenvalue weighted by molar-refractivity contribution is -0.177. The maximum atomic E-state index is 14.5. The van der Waals surface area contributed by atoms with Crippen molar-refractivity contribution in [2.24, 2.45) is 28.1 Å². The number of carbonyl (C=O) groups excluding carboxylic acids is 3. The summed E-state index contributed by atoms with van der Waals surface area (Å²) in [4.78, 5) is 42.8. The molecule has 0 aromatic carbocycles. The summed E-state index contributed by atoms with van der Waals surface area (Å²) < 4.78 is 0. The maximum absolute atomic E-state index is 14.5. The highest BCUT2D eigenvalue weighted by Gasteiger charge is 2.74. The Balaban J connectivity index is 3.01. The number of hydrogen-bond donors (Lipinski definition) is 1. The zero-order valence-electron chi connectivity index (χ0n) is 22.9. The molecular weight excluding hydrogens is 424 g/mol. The van der Waals surface area contributed by atoms with Crippen LogP contribution in [0.25, 0.3) is 0 Å². The minimum Gasteiger partial charge on any atom is -0.511 e. The van der Waals surface area contributed by atoms with Crippen LogP contribution in [-0.2, 0) is 14.4 Å². The second kappa shape index (κ2) is 9.79. The first-order chi connectivity index (χ1) is 15.6. The molecule has 3 atom stereocenters. The summed E-state index contributed by atoms with van der Waals surface area (Å²) in [6, 6.07) is 0. The van der Waals surface area contributed by atoms with Crippen LogP contribution in [-0.4, -0.2) is 22.5 Å². The Morgan fingerprint density at radius 2 is 1.50 bits per heavy atom. The minimum atomic E-state index is -1.80. The second-order valence-electron chi connectivity index (χ2n) is 11.9. The average Bonchev–Trinajstić information content (AvgIpc) is 2.71. The van der Waals surface area contributed by atoms with E-state index in [-0.39, 0.29) is 29.5 Å². The number of carbonyl (C=O) groups is 3. The Morgan fingerprint density at radius 1 is 0.971 bits per heavy atom. The molecule has 1 fully saturated rings. The van der Waals surface area contributed by atoms with E-state index in [1.54, 1.807) is 13.8 Å². The Kier molecular flexibility index (Phi) is 8.07. The summed E-state index contributed by atoms with van der Waals surface area (Å²) in [5.41, 5.74) is -0.536. The van der Waals surface area contributed by atoms with Crippen LogP contribution in [0.1, 0.15) is 94.9 Å². The summed E-state index contributed by atoms with van der Waals surface area (Å²) in [5.74, 6) is -1.95. The largest absolute Gasteiger partial charge is 0.511 e. The summed E-state index contributed by atoms with van der Waals surface area (Å²) in [6.07, 6.45) is 7.55. The van der Waals surface area contributed by atoms with E-state index >= 15 is 0 Å². The normalized spacial score (nSPS) is 28.0. The summed E-state index contributed by atoms with van der Waals surface area (Å²) in [5, 5.41) is 11.7. The molecule has 3 unspecified atom stereocenters. The molecule has 0 spiro atoms. The Labute approximate surface area is 206 Å². The van der Waals surface area contributed by atoms with E-state index in [1.807, 2.05) is 67.5 Å². The Morgan fingerprint density at radius 3 is 1.97 bits per heavy atom. The monoisotopic (exact) mass is 468 g/mol. The van der Waals surface area contributed by atoms with Crippen LogP contribution in [0.15, 0.2) is 46.3 Å². The molecule has 0 aromatic heterocycles. The average molecular weight is 469 g/mol. The quantitative estimate of drug-likeness (QED) is 0.300. The molecule has 0 aromatic rings. The van der Waals surface area contributed by atoms with Gasteiger partial charge in [-0.25, -0.2) is 0 Å². The van der Waals surface area contributed by atoms with Gasteiger partial charge in [0.05, 0.1) is 5.41 Å². The first kappa shape index (κ1) is 28.0. The number of hydrogen-bond acceptors (Lipinski definition) is 4. The number of allylic oxidation sites excluding steroid dienone is 8. The molecule has 2 bridgehead atoms. The smallest absolute Gasteiger partial charge is 0.184 e. The lowest BCUT2D eigenvalue weighted by atomic mass is 9.39. The van der Waals surface area contributed by atoms with Crippen molar-refractivity contribution >= 4 is 17.3 Å². The van der Waals surface area contributed by atoms with Gasteiger partial charge in [-0.05, 0) is 78.6 Å². The third-order valence-electron chi connectivity index (χ3n) is 7.99. The molecule has 0 heterocycles. The van der Waals surface area contributed by atoms with Gasteiger partial charge in [0.1, 0.15) is 5.76 Å². The Bertz CT molecular complexity index is 989. The number of Topliss-reactive ketones (excluding diaryl/α,β-unsaturated/α-hetero) is 3. The maximum Gasteiger partial charge on any atom is 0.184 e. The third-order valence-corrected chi connectivity index (χ3v) is 7.99. The van der Waals surface area contributed by atoms with Gasteiger partial charge in [0.25, 0.3) is 0 Å². The lowest BCUT2D eigenvalue weighted by Gasteiger charge is -2.60. The molecule has 188 valence electrons. The number of aliphatic hydroxyl groups excluding tert-OH is 1. The highest BCUT2D eigenvalue weighted by molar-refractivity contribution is 6.33. The van der Waals surface area contributed by atoms with Gasteiger partial charge >= 0.3 is 0 Å². The minimum absolute atomic E-state index is 0.121. The van der Waals surface area contributed by atoms with Gasteiger partial charge in [0.2, 0.25) is 0 Å². The van der Waals surface area contributed by atoms with Gasteiger partial charge in [0.15, 0.2) is 22.8 Å². The van der Waals surface area contributed by atoms with Crippen LogP contribution in [0.4, 0.5) is 0 Å². The van der Waals surface area contributed by atoms with Gasteiger partial charge in [-0.1, -0.05) is 62.6 Å². The van der Waals surface area contributed by atoms with E-state index < -0.39 is 33.7 Å². The van der Waals surface area contributed by atoms with Gasteiger partial charge in [0, 0.05) is 11.5 Å². The highest BCUT2D eigenvalue weighted by Crippen LogP contribution is 2.65. The number of rotatable bonds is 8. The van der Waals surface area contributed by atoms with Gasteiger partial charge < -0.3 is 5.11 Å². The molecule has 1 N–H and O–H groups in total. The van der Waals surface area contributed by atoms with Crippen molar-refractivity contribution in [3.05, 3.63) is 46.3 Å². The molecule has 0 saturated heterocycles. The number of aliphatic hydroxyl groups is 1. The van der Waals surface area contributed by atoms with E-state index in [4.69, 9.17) is 0 Å². The molecule has 2 aliphatic rings. The number of fused-ring (bicyclic) bond motifs is 2. The standard InChI is InChI=1S/C30H44O4/c1-18(2)11-13-22-17-29(16-15-20(5)6)25(32)23(14-12-19(3)4)26(33)30(27(29)34,28(22,9)10)24(31)21(7)8/h11-12,15,21-22,32H,13-14,16-17H2,1-10H3. The first-order valence-electron chi connectivity index (χ1n) is 12.5. The van der Waals surface area contributed by atoms with Crippen LogP contribution in [0.3, 0.4) is 0 Å². The van der Waals surface area contributed by atoms with Crippen molar-refractivity contribution in [3.63, 3.8) is 0 Å². The molecule has 0 amide bonds. The fourth-order valence-corrected chi connectivity index (χ4v) is 5.83. The summed E-state index contributed by atoms with van der Waals surface area (Å²) in [7, 11) is 0. The van der Waals surface area contributed by atoms with Crippen molar-refractivity contribution in [2.75, 3.05) is 0 Å². The van der Waals surface area contributed by atoms with Crippen LogP contribution < -0.4 is 0 Å². The SMILES string of the molecule is CC(C)=CCC1=C(O)C2(CC=C(C)C)CC(CC=C(C)C)C(C)(C)C(C(=O)C(C)C)(C1=O)C2=O.